The predicted molar refractivity (Wildman–Crippen MR) is 78.6 cm³/mol. The van der Waals surface area contributed by atoms with Gasteiger partial charge in [-0.05, 0) is 36.5 Å². The Kier molecular flexibility index (Phi) is 6.35. The van der Waals surface area contributed by atoms with Gasteiger partial charge < -0.3 is 10.8 Å². The molecule has 0 aliphatic heterocycles. The van der Waals surface area contributed by atoms with Crippen LogP contribution >= 0.6 is 24.0 Å². The molecule has 120 valence electrons. The van der Waals surface area contributed by atoms with Crippen LogP contribution in [-0.2, 0) is 6.18 Å². The van der Waals surface area contributed by atoms with E-state index in [4.69, 9.17) is 17.3 Å². The fourth-order valence-electron chi connectivity index (χ4n) is 2.84. The molecule has 2 nitrogen and oxygen atoms in total. The first-order valence-electron chi connectivity index (χ1n) is 6.61. The first-order chi connectivity index (χ1) is 9.30. The van der Waals surface area contributed by atoms with Gasteiger partial charge in [-0.25, -0.2) is 0 Å². The maximum absolute atomic E-state index is 13.0. The van der Waals surface area contributed by atoms with Gasteiger partial charge in [0.25, 0.3) is 0 Å². The van der Waals surface area contributed by atoms with Crippen molar-refractivity contribution in [3.63, 3.8) is 0 Å². The van der Waals surface area contributed by atoms with Gasteiger partial charge in [0, 0.05) is 5.02 Å². The van der Waals surface area contributed by atoms with Crippen molar-refractivity contribution in [1.29, 1.82) is 0 Å². The van der Waals surface area contributed by atoms with Crippen LogP contribution in [0.1, 0.15) is 42.9 Å². The SMILES string of the molecule is Cl.N[C@@H](c1ccc(Cl)cc1C(F)(F)F)[C@H](O)C1CCCC1. The lowest BCUT2D eigenvalue weighted by molar-refractivity contribution is -0.138. The molecule has 1 saturated carbocycles. The molecule has 7 heteroatoms. The van der Waals surface area contributed by atoms with Gasteiger partial charge in [-0.15, -0.1) is 12.4 Å². The molecular weight excluding hydrogens is 326 g/mol. The fourth-order valence-corrected chi connectivity index (χ4v) is 3.01. The zero-order valence-corrected chi connectivity index (χ0v) is 12.8. The van der Waals surface area contributed by atoms with E-state index in [-0.39, 0.29) is 28.9 Å². The molecule has 0 aromatic heterocycles. The van der Waals surface area contributed by atoms with Crippen LogP contribution in [0.3, 0.4) is 0 Å². The Bertz CT molecular complexity index is 476. The normalized spacial score (nSPS) is 19.1. The average Bonchev–Trinajstić information content (AvgIpc) is 2.89. The maximum Gasteiger partial charge on any atom is 0.416 e. The topological polar surface area (TPSA) is 46.2 Å². The molecule has 2 rings (SSSR count). The van der Waals surface area contributed by atoms with Gasteiger partial charge in [0.15, 0.2) is 0 Å². The Morgan fingerprint density at radius 3 is 2.33 bits per heavy atom. The predicted octanol–water partition coefficient (Wildman–Crippen LogP) is 4.33. The van der Waals surface area contributed by atoms with E-state index in [2.05, 4.69) is 0 Å². The zero-order chi connectivity index (χ0) is 14.9. The van der Waals surface area contributed by atoms with Crippen molar-refractivity contribution < 1.29 is 18.3 Å². The first-order valence-corrected chi connectivity index (χ1v) is 6.99. The molecule has 1 aliphatic rings. The molecular formula is C14H18Cl2F3NO. The third kappa shape index (κ3) is 4.25. The molecule has 0 saturated heterocycles. The summed E-state index contributed by atoms with van der Waals surface area (Å²) >= 11 is 5.63. The van der Waals surface area contributed by atoms with Gasteiger partial charge in [0.1, 0.15) is 0 Å². The van der Waals surface area contributed by atoms with E-state index in [1.807, 2.05) is 0 Å². The molecule has 1 fully saturated rings. The van der Waals surface area contributed by atoms with Crippen LogP contribution in [0, 0.1) is 5.92 Å². The number of hydrogen-bond donors (Lipinski definition) is 2. The molecule has 1 aromatic rings. The first kappa shape index (κ1) is 18.6. The third-order valence-electron chi connectivity index (χ3n) is 3.93. The van der Waals surface area contributed by atoms with Crippen LogP contribution in [-0.4, -0.2) is 11.2 Å². The number of nitrogens with two attached hydrogens (primary N) is 1. The standard InChI is InChI=1S/C14H17ClF3NO.ClH/c15-9-5-6-10(11(7-9)14(16,17)18)12(19)13(20)8-3-1-2-4-8;/h5-8,12-13,20H,1-4,19H2;1H/t12-,13+;/m0./s1. The quantitative estimate of drug-likeness (QED) is 0.857. The lowest BCUT2D eigenvalue weighted by atomic mass is 9.88. The van der Waals surface area contributed by atoms with Crippen LogP contribution < -0.4 is 5.73 Å². The van der Waals surface area contributed by atoms with Gasteiger partial charge in [0.2, 0.25) is 0 Å². The largest absolute Gasteiger partial charge is 0.416 e. The Morgan fingerprint density at radius 2 is 1.81 bits per heavy atom. The van der Waals surface area contributed by atoms with Gasteiger partial charge in [0.05, 0.1) is 17.7 Å². The fraction of sp³-hybridized carbons (Fsp3) is 0.571. The molecule has 1 aliphatic carbocycles. The summed E-state index contributed by atoms with van der Waals surface area (Å²) in [6.45, 7) is 0. The van der Waals surface area contributed by atoms with Crippen LogP contribution in [0.15, 0.2) is 18.2 Å². The monoisotopic (exact) mass is 343 g/mol. The van der Waals surface area contributed by atoms with Crippen molar-refractivity contribution in [2.75, 3.05) is 0 Å². The second kappa shape index (κ2) is 7.18. The summed E-state index contributed by atoms with van der Waals surface area (Å²) in [5.41, 5.74) is 4.91. The van der Waals surface area contributed by atoms with Gasteiger partial charge in [-0.2, -0.15) is 13.2 Å². The molecule has 0 spiro atoms. The Balaban J connectivity index is 0.00000220. The van der Waals surface area contributed by atoms with Crippen molar-refractivity contribution in [3.05, 3.63) is 34.3 Å². The highest BCUT2D eigenvalue weighted by atomic mass is 35.5. The summed E-state index contributed by atoms with van der Waals surface area (Å²) in [6.07, 6.45) is -1.90. The Labute approximate surface area is 132 Å². The number of hydrogen-bond acceptors (Lipinski definition) is 2. The van der Waals surface area contributed by atoms with Crippen LogP contribution in [0.2, 0.25) is 5.02 Å². The third-order valence-corrected chi connectivity index (χ3v) is 4.17. The molecule has 1 aromatic carbocycles. The van der Waals surface area contributed by atoms with E-state index in [0.29, 0.717) is 0 Å². The van der Waals surface area contributed by atoms with Crippen molar-refractivity contribution in [1.82, 2.24) is 0 Å². The molecule has 0 bridgehead atoms. The molecule has 21 heavy (non-hydrogen) atoms. The molecule has 0 radical (unpaired) electrons. The molecule has 0 unspecified atom stereocenters. The summed E-state index contributed by atoms with van der Waals surface area (Å²) in [7, 11) is 0. The molecule has 2 atom stereocenters. The molecule has 0 amide bonds. The highest BCUT2D eigenvalue weighted by Crippen LogP contribution is 2.39. The summed E-state index contributed by atoms with van der Waals surface area (Å²) in [4.78, 5) is 0. The van der Waals surface area contributed by atoms with E-state index in [1.54, 1.807) is 0 Å². The summed E-state index contributed by atoms with van der Waals surface area (Å²) in [5, 5.41) is 10.2. The van der Waals surface area contributed by atoms with Crippen molar-refractivity contribution in [2.45, 2.75) is 44.0 Å². The molecule has 0 heterocycles. The van der Waals surface area contributed by atoms with Gasteiger partial charge in [-0.1, -0.05) is 30.5 Å². The van der Waals surface area contributed by atoms with Gasteiger partial charge in [-0.3, -0.25) is 0 Å². The summed E-state index contributed by atoms with van der Waals surface area (Å²) in [6, 6.07) is 2.44. The van der Waals surface area contributed by atoms with Gasteiger partial charge >= 0.3 is 6.18 Å². The van der Waals surface area contributed by atoms with E-state index in [0.717, 1.165) is 31.7 Å². The van der Waals surface area contributed by atoms with E-state index >= 15 is 0 Å². The van der Waals surface area contributed by atoms with E-state index < -0.39 is 23.9 Å². The molecule has 3 N–H and O–H groups in total. The second-order valence-electron chi connectivity index (χ2n) is 5.29. The minimum absolute atomic E-state index is 0. The number of aliphatic hydroxyl groups is 1. The minimum atomic E-state index is -4.53. The zero-order valence-electron chi connectivity index (χ0n) is 11.2. The van der Waals surface area contributed by atoms with Crippen LogP contribution in [0.4, 0.5) is 13.2 Å². The lowest BCUT2D eigenvalue weighted by Crippen LogP contribution is -2.33. The Hall–Kier alpha value is -0.490. The minimum Gasteiger partial charge on any atom is -0.391 e. The highest BCUT2D eigenvalue weighted by Gasteiger charge is 2.38. The second-order valence-corrected chi connectivity index (χ2v) is 5.73. The maximum atomic E-state index is 13.0. The van der Waals surface area contributed by atoms with Crippen molar-refractivity contribution >= 4 is 24.0 Å². The number of aliphatic hydroxyl groups excluding tert-OH is 1. The van der Waals surface area contributed by atoms with E-state index in [1.165, 1.54) is 12.1 Å². The van der Waals surface area contributed by atoms with Crippen LogP contribution in [0.25, 0.3) is 0 Å². The smallest absolute Gasteiger partial charge is 0.391 e. The van der Waals surface area contributed by atoms with Crippen molar-refractivity contribution in [2.24, 2.45) is 11.7 Å². The summed E-state index contributed by atoms with van der Waals surface area (Å²) in [5.74, 6) is -0.0261. The number of rotatable bonds is 3. The lowest BCUT2D eigenvalue weighted by Gasteiger charge is -2.27. The van der Waals surface area contributed by atoms with E-state index in [9.17, 15) is 18.3 Å². The number of alkyl halides is 3. The van der Waals surface area contributed by atoms with Crippen LogP contribution in [0.5, 0.6) is 0 Å². The number of halogens is 5. The average molecular weight is 344 g/mol. The summed E-state index contributed by atoms with van der Waals surface area (Å²) < 4.78 is 39.1. The van der Waals surface area contributed by atoms with Crippen molar-refractivity contribution in [3.8, 4) is 0 Å². The number of benzene rings is 1. The Morgan fingerprint density at radius 1 is 1.24 bits per heavy atom. The highest BCUT2D eigenvalue weighted by molar-refractivity contribution is 6.30.